The molecule has 1 aromatic heterocycles. The number of hydrogen-bond acceptors (Lipinski definition) is 4. The summed E-state index contributed by atoms with van der Waals surface area (Å²) in [6.07, 6.45) is 7.31. The number of nitrogens with zero attached hydrogens (tertiary/aromatic N) is 3. The van der Waals surface area contributed by atoms with Crippen LogP contribution in [-0.2, 0) is 6.54 Å². The lowest BCUT2D eigenvalue weighted by Gasteiger charge is -2.32. The standard InChI is InChI=1S/C14H24N4/c1-3-6-15-9-13-10-16-11-17-14(13)18-7-4-12(2)5-8-18/h10-12,15H,3-9H2,1-2H3. The van der Waals surface area contributed by atoms with Crippen LogP contribution in [0.3, 0.4) is 0 Å². The number of nitrogens with one attached hydrogen (secondary N) is 1. The van der Waals surface area contributed by atoms with E-state index in [1.807, 2.05) is 6.20 Å². The van der Waals surface area contributed by atoms with E-state index in [0.29, 0.717) is 0 Å². The molecule has 0 aliphatic carbocycles. The van der Waals surface area contributed by atoms with Gasteiger partial charge in [-0.2, -0.15) is 0 Å². The Morgan fingerprint density at radius 3 is 2.89 bits per heavy atom. The normalized spacial score (nSPS) is 17.1. The molecule has 4 nitrogen and oxygen atoms in total. The Labute approximate surface area is 110 Å². The zero-order chi connectivity index (χ0) is 12.8. The Morgan fingerprint density at radius 1 is 1.39 bits per heavy atom. The summed E-state index contributed by atoms with van der Waals surface area (Å²) >= 11 is 0. The summed E-state index contributed by atoms with van der Waals surface area (Å²) in [6.45, 7) is 8.68. The number of piperidine rings is 1. The maximum Gasteiger partial charge on any atom is 0.136 e. The third-order valence-electron chi connectivity index (χ3n) is 3.59. The summed E-state index contributed by atoms with van der Waals surface area (Å²) in [5.41, 5.74) is 1.22. The molecule has 2 heterocycles. The first kappa shape index (κ1) is 13.3. The second-order valence-corrected chi connectivity index (χ2v) is 5.22. The highest BCUT2D eigenvalue weighted by atomic mass is 15.2. The second-order valence-electron chi connectivity index (χ2n) is 5.22. The van der Waals surface area contributed by atoms with E-state index in [-0.39, 0.29) is 0 Å². The summed E-state index contributed by atoms with van der Waals surface area (Å²) in [7, 11) is 0. The lowest BCUT2D eigenvalue weighted by Crippen LogP contribution is -2.34. The average molecular weight is 248 g/mol. The van der Waals surface area contributed by atoms with Crippen molar-refractivity contribution in [1.82, 2.24) is 15.3 Å². The number of hydrogen-bond donors (Lipinski definition) is 1. The van der Waals surface area contributed by atoms with E-state index in [1.54, 1.807) is 6.33 Å². The highest BCUT2D eigenvalue weighted by molar-refractivity contribution is 5.45. The minimum Gasteiger partial charge on any atom is -0.356 e. The molecule has 1 N–H and O–H groups in total. The molecule has 0 saturated carbocycles. The van der Waals surface area contributed by atoms with Gasteiger partial charge in [0.05, 0.1) is 0 Å². The van der Waals surface area contributed by atoms with Crippen molar-refractivity contribution in [3.8, 4) is 0 Å². The van der Waals surface area contributed by atoms with Gasteiger partial charge >= 0.3 is 0 Å². The fourth-order valence-electron chi connectivity index (χ4n) is 2.38. The van der Waals surface area contributed by atoms with Gasteiger partial charge in [0.15, 0.2) is 0 Å². The molecule has 0 bridgehead atoms. The van der Waals surface area contributed by atoms with Crippen molar-refractivity contribution in [1.29, 1.82) is 0 Å². The fourth-order valence-corrected chi connectivity index (χ4v) is 2.38. The zero-order valence-electron chi connectivity index (χ0n) is 11.5. The predicted octanol–water partition coefficient (Wildman–Crippen LogP) is 2.21. The molecule has 0 amide bonds. The summed E-state index contributed by atoms with van der Waals surface area (Å²) < 4.78 is 0. The van der Waals surface area contributed by atoms with Crippen LogP contribution < -0.4 is 10.2 Å². The van der Waals surface area contributed by atoms with E-state index in [4.69, 9.17) is 0 Å². The maximum atomic E-state index is 4.48. The van der Waals surface area contributed by atoms with Crippen molar-refractivity contribution in [2.45, 2.75) is 39.7 Å². The Balaban J connectivity index is 2.02. The molecular weight excluding hydrogens is 224 g/mol. The van der Waals surface area contributed by atoms with E-state index >= 15 is 0 Å². The molecule has 0 unspecified atom stereocenters. The first-order valence-corrected chi connectivity index (χ1v) is 7.05. The summed E-state index contributed by atoms with van der Waals surface area (Å²) in [5, 5.41) is 3.43. The van der Waals surface area contributed by atoms with Gasteiger partial charge in [0, 0.05) is 31.4 Å². The molecule has 0 radical (unpaired) electrons. The molecule has 1 saturated heterocycles. The van der Waals surface area contributed by atoms with Crippen molar-refractivity contribution >= 4 is 5.82 Å². The first-order valence-electron chi connectivity index (χ1n) is 7.05. The van der Waals surface area contributed by atoms with Gasteiger partial charge in [0.25, 0.3) is 0 Å². The summed E-state index contributed by atoms with van der Waals surface area (Å²) in [5.74, 6) is 1.98. The van der Waals surface area contributed by atoms with Gasteiger partial charge in [0.2, 0.25) is 0 Å². The van der Waals surface area contributed by atoms with Crippen LogP contribution in [0.15, 0.2) is 12.5 Å². The van der Waals surface area contributed by atoms with Gasteiger partial charge < -0.3 is 10.2 Å². The van der Waals surface area contributed by atoms with Crippen LogP contribution in [0.1, 0.15) is 38.7 Å². The summed E-state index contributed by atoms with van der Waals surface area (Å²) in [6, 6.07) is 0. The molecule has 100 valence electrons. The minimum atomic E-state index is 0.852. The van der Waals surface area contributed by atoms with Crippen LogP contribution >= 0.6 is 0 Å². The molecule has 0 atom stereocenters. The third-order valence-corrected chi connectivity index (χ3v) is 3.59. The minimum absolute atomic E-state index is 0.852. The largest absolute Gasteiger partial charge is 0.356 e. The van der Waals surface area contributed by atoms with E-state index in [2.05, 4.69) is 34.0 Å². The van der Waals surface area contributed by atoms with Gasteiger partial charge in [-0.15, -0.1) is 0 Å². The number of anilines is 1. The van der Waals surface area contributed by atoms with Gasteiger partial charge in [-0.25, -0.2) is 9.97 Å². The van der Waals surface area contributed by atoms with Crippen LogP contribution in [0, 0.1) is 5.92 Å². The van der Waals surface area contributed by atoms with E-state index < -0.39 is 0 Å². The zero-order valence-corrected chi connectivity index (χ0v) is 11.5. The quantitative estimate of drug-likeness (QED) is 0.811. The van der Waals surface area contributed by atoms with E-state index in [1.165, 1.54) is 18.4 Å². The average Bonchev–Trinajstić information content (AvgIpc) is 2.41. The van der Waals surface area contributed by atoms with Crippen LogP contribution in [-0.4, -0.2) is 29.6 Å². The lowest BCUT2D eigenvalue weighted by atomic mass is 9.99. The van der Waals surface area contributed by atoms with Crippen molar-refractivity contribution < 1.29 is 0 Å². The van der Waals surface area contributed by atoms with Crippen LogP contribution in [0.5, 0.6) is 0 Å². The van der Waals surface area contributed by atoms with Crippen LogP contribution in [0.4, 0.5) is 5.82 Å². The molecule has 1 fully saturated rings. The molecule has 0 spiro atoms. The third kappa shape index (κ3) is 3.42. The van der Waals surface area contributed by atoms with Crippen molar-refractivity contribution in [3.05, 3.63) is 18.1 Å². The number of rotatable bonds is 5. The van der Waals surface area contributed by atoms with Crippen molar-refractivity contribution in [3.63, 3.8) is 0 Å². The molecule has 1 aliphatic heterocycles. The Morgan fingerprint density at radius 2 is 2.17 bits per heavy atom. The SMILES string of the molecule is CCCNCc1cncnc1N1CCC(C)CC1. The lowest BCUT2D eigenvalue weighted by molar-refractivity contribution is 0.435. The van der Waals surface area contributed by atoms with Crippen molar-refractivity contribution in [2.75, 3.05) is 24.5 Å². The number of aromatic nitrogens is 2. The van der Waals surface area contributed by atoms with Gasteiger partial charge in [-0.1, -0.05) is 13.8 Å². The fraction of sp³-hybridized carbons (Fsp3) is 0.714. The molecule has 18 heavy (non-hydrogen) atoms. The molecule has 1 aliphatic rings. The smallest absolute Gasteiger partial charge is 0.136 e. The second kappa shape index (κ2) is 6.69. The monoisotopic (exact) mass is 248 g/mol. The molecule has 2 rings (SSSR count). The van der Waals surface area contributed by atoms with Crippen LogP contribution in [0.25, 0.3) is 0 Å². The van der Waals surface area contributed by atoms with Crippen molar-refractivity contribution in [2.24, 2.45) is 5.92 Å². The maximum absolute atomic E-state index is 4.48. The van der Waals surface area contributed by atoms with Gasteiger partial charge in [0.1, 0.15) is 12.1 Å². The predicted molar refractivity (Wildman–Crippen MR) is 74.6 cm³/mol. The van der Waals surface area contributed by atoms with Gasteiger partial charge in [-0.3, -0.25) is 0 Å². The topological polar surface area (TPSA) is 41.1 Å². The molecule has 0 aromatic carbocycles. The molecule has 4 heteroatoms. The first-order chi connectivity index (χ1) is 8.81. The molecule has 1 aromatic rings. The summed E-state index contributed by atoms with van der Waals surface area (Å²) in [4.78, 5) is 11.0. The van der Waals surface area contributed by atoms with E-state index in [0.717, 1.165) is 44.3 Å². The Kier molecular flexibility index (Phi) is 4.93. The highest BCUT2D eigenvalue weighted by Crippen LogP contribution is 2.23. The van der Waals surface area contributed by atoms with Gasteiger partial charge in [-0.05, 0) is 31.7 Å². The Bertz CT molecular complexity index is 359. The van der Waals surface area contributed by atoms with Crippen LogP contribution in [0.2, 0.25) is 0 Å². The highest BCUT2D eigenvalue weighted by Gasteiger charge is 2.19. The molecular formula is C14H24N4. The Hall–Kier alpha value is -1.16. The van der Waals surface area contributed by atoms with E-state index in [9.17, 15) is 0 Å².